The van der Waals surface area contributed by atoms with Gasteiger partial charge in [-0.2, -0.15) is 0 Å². The molecule has 0 aromatic heterocycles. The van der Waals surface area contributed by atoms with Gasteiger partial charge in [-0.15, -0.1) is 0 Å². The Balaban J connectivity index is 1.93. The molecule has 3 saturated carbocycles. The van der Waals surface area contributed by atoms with Crippen LogP contribution in [0.25, 0.3) is 0 Å². The first-order valence-electron chi connectivity index (χ1n) is 5.17. The summed E-state index contributed by atoms with van der Waals surface area (Å²) in [5, 5.41) is 9.55. The van der Waals surface area contributed by atoms with Crippen LogP contribution in [0.1, 0.15) is 24.8 Å². The van der Waals surface area contributed by atoms with E-state index < -0.39 is 11.4 Å². The summed E-state index contributed by atoms with van der Waals surface area (Å²) in [5.41, 5.74) is 0.0602. The van der Waals surface area contributed by atoms with Crippen molar-refractivity contribution in [2.45, 2.75) is 24.7 Å². The van der Waals surface area contributed by atoms with Crippen molar-refractivity contribution in [1.82, 2.24) is 0 Å². The third kappa shape index (κ3) is 1.04. The summed E-state index contributed by atoms with van der Waals surface area (Å²) in [6.45, 7) is 0. The van der Waals surface area contributed by atoms with Gasteiger partial charge in [0.2, 0.25) is 0 Å². The molecule has 0 saturated heterocycles. The molecule has 0 radical (unpaired) electrons. The second-order valence-corrected chi connectivity index (χ2v) is 5.43. The molecule has 0 amide bonds. The fourth-order valence-electron chi connectivity index (χ4n) is 3.20. The summed E-state index contributed by atoms with van der Waals surface area (Å²) in [7, 11) is 0. The van der Waals surface area contributed by atoms with Crippen LogP contribution >= 0.6 is 11.6 Å². The summed E-state index contributed by atoms with van der Waals surface area (Å²) < 4.78 is 13.1. The normalized spacial score (nSPS) is 35.1. The molecule has 4 rings (SSSR count). The van der Waals surface area contributed by atoms with Crippen LogP contribution in [0.4, 0.5) is 4.39 Å². The van der Waals surface area contributed by atoms with Crippen molar-refractivity contribution < 1.29 is 14.3 Å². The summed E-state index contributed by atoms with van der Waals surface area (Å²) in [5.74, 6) is -1.05. The Morgan fingerprint density at radius 2 is 2.00 bits per heavy atom. The number of benzene rings is 1. The summed E-state index contributed by atoms with van der Waals surface area (Å²) in [6.07, 6.45) is 1.79. The topological polar surface area (TPSA) is 37.3 Å². The van der Waals surface area contributed by atoms with Gasteiger partial charge in [0.05, 0.1) is 5.41 Å². The molecule has 2 nitrogen and oxygen atoms in total. The first-order chi connectivity index (χ1) is 7.47. The highest BCUT2D eigenvalue weighted by Gasteiger charge is 2.72. The molecule has 4 heteroatoms. The summed E-state index contributed by atoms with van der Waals surface area (Å²) in [4.78, 5) is 11.0. The fourth-order valence-corrected chi connectivity index (χ4v) is 3.52. The Bertz CT molecular complexity index is 478. The minimum absolute atomic E-state index is 0.169. The molecule has 3 aliphatic carbocycles. The van der Waals surface area contributed by atoms with E-state index in [0.29, 0.717) is 24.3 Å². The molecule has 1 aromatic rings. The lowest BCUT2D eigenvalue weighted by Crippen LogP contribution is -2.68. The average molecular weight is 241 g/mol. The van der Waals surface area contributed by atoms with Gasteiger partial charge in [-0.25, -0.2) is 4.39 Å². The van der Waals surface area contributed by atoms with E-state index in [1.54, 1.807) is 6.07 Å². The zero-order chi connectivity index (χ0) is 11.6. The third-order valence-corrected chi connectivity index (χ3v) is 4.31. The summed E-state index contributed by atoms with van der Waals surface area (Å²) >= 11 is 6.03. The summed E-state index contributed by atoms with van der Waals surface area (Å²) in [6, 6.07) is 4.30. The van der Waals surface area contributed by atoms with Gasteiger partial charge in [0, 0.05) is 10.4 Å². The van der Waals surface area contributed by atoms with Crippen LogP contribution in [0.2, 0.25) is 5.02 Å². The van der Waals surface area contributed by atoms with Crippen LogP contribution in [0.5, 0.6) is 0 Å². The second kappa shape index (κ2) is 2.77. The van der Waals surface area contributed by atoms with Gasteiger partial charge in [-0.1, -0.05) is 11.6 Å². The van der Waals surface area contributed by atoms with Crippen LogP contribution in [0, 0.1) is 11.2 Å². The number of carboxylic acid groups (broad SMARTS) is 1. The number of halogens is 2. The number of rotatable bonds is 2. The fraction of sp³-hybridized carbons (Fsp3) is 0.417. The van der Waals surface area contributed by atoms with Crippen molar-refractivity contribution in [3.63, 3.8) is 0 Å². The van der Waals surface area contributed by atoms with Crippen LogP contribution in [-0.4, -0.2) is 11.1 Å². The predicted molar refractivity (Wildman–Crippen MR) is 57.0 cm³/mol. The molecule has 0 unspecified atom stereocenters. The van der Waals surface area contributed by atoms with Gasteiger partial charge in [0.1, 0.15) is 5.82 Å². The maximum absolute atomic E-state index is 13.1. The van der Waals surface area contributed by atoms with Crippen molar-refractivity contribution in [3.8, 4) is 0 Å². The van der Waals surface area contributed by atoms with E-state index in [0.717, 1.165) is 5.56 Å². The average Bonchev–Trinajstić information content (AvgIpc) is 2.05. The van der Waals surface area contributed by atoms with E-state index in [1.165, 1.54) is 12.1 Å². The molecular weight excluding hydrogens is 231 g/mol. The molecule has 1 aromatic carbocycles. The monoisotopic (exact) mass is 240 g/mol. The number of hydrogen-bond acceptors (Lipinski definition) is 1. The Labute approximate surface area is 97.0 Å². The Hall–Kier alpha value is -1.09. The molecule has 16 heavy (non-hydrogen) atoms. The maximum Gasteiger partial charge on any atom is 0.309 e. The highest BCUT2D eigenvalue weighted by molar-refractivity contribution is 6.31. The van der Waals surface area contributed by atoms with E-state index in [9.17, 15) is 9.18 Å². The minimum atomic E-state index is -0.734. The Kier molecular flexibility index (Phi) is 1.75. The number of carboxylic acids is 1. The molecule has 84 valence electrons. The Morgan fingerprint density at radius 1 is 1.38 bits per heavy atom. The third-order valence-electron chi connectivity index (χ3n) is 3.98. The van der Waals surface area contributed by atoms with Crippen molar-refractivity contribution in [1.29, 1.82) is 0 Å². The Morgan fingerprint density at radius 3 is 2.56 bits per heavy atom. The van der Waals surface area contributed by atoms with Crippen LogP contribution in [-0.2, 0) is 10.2 Å². The minimum Gasteiger partial charge on any atom is -0.481 e. The molecule has 0 heterocycles. The zero-order valence-electron chi connectivity index (χ0n) is 8.46. The van der Waals surface area contributed by atoms with E-state index >= 15 is 0 Å². The van der Waals surface area contributed by atoms with Crippen molar-refractivity contribution >= 4 is 17.6 Å². The molecule has 3 fully saturated rings. The van der Waals surface area contributed by atoms with Crippen molar-refractivity contribution in [2.75, 3.05) is 0 Å². The molecule has 0 atom stereocenters. The lowest BCUT2D eigenvalue weighted by Gasteiger charge is -2.68. The quantitative estimate of drug-likeness (QED) is 0.863. The predicted octanol–water partition coefficient (Wildman–Crippen LogP) is 2.99. The van der Waals surface area contributed by atoms with Crippen LogP contribution in [0.3, 0.4) is 0 Å². The maximum atomic E-state index is 13.1. The van der Waals surface area contributed by atoms with Crippen LogP contribution < -0.4 is 0 Å². The van der Waals surface area contributed by atoms with E-state index in [4.69, 9.17) is 16.7 Å². The van der Waals surface area contributed by atoms with E-state index in [-0.39, 0.29) is 11.2 Å². The highest BCUT2D eigenvalue weighted by atomic mass is 35.5. The van der Waals surface area contributed by atoms with Gasteiger partial charge in [-0.05, 0) is 43.0 Å². The van der Waals surface area contributed by atoms with Gasteiger partial charge >= 0.3 is 5.97 Å². The first kappa shape index (κ1) is 10.1. The lowest BCUT2D eigenvalue weighted by molar-refractivity contribution is -0.194. The zero-order valence-corrected chi connectivity index (χ0v) is 9.22. The van der Waals surface area contributed by atoms with Gasteiger partial charge in [0.15, 0.2) is 0 Å². The van der Waals surface area contributed by atoms with Crippen molar-refractivity contribution in [3.05, 3.63) is 34.6 Å². The number of aliphatic carboxylic acids is 1. The molecule has 0 aliphatic heterocycles. The van der Waals surface area contributed by atoms with Crippen molar-refractivity contribution in [2.24, 2.45) is 5.41 Å². The highest BCUT2D eigenvalue weighted by Crippen LogP contribution is 2.74. The molecule has 2 bridgehead atoms. The first-order valence-corrected chi connectivity index (χ1v) is 5.54. The van der Waals surface area contributed by atoms with Gasteiger partial charge in [-0.3, -0.25) is 4.79 Å². The second-order valence-electron chi connectivity index (χ2n) is 5.02. The number of carbonyl (C=O) groups is 1. The van der Waals surface area contributed by atoms with E-state index in [2.05, 4.69) is 0 Å². The van der Waals surface area contributed by atoms with Gasteiger partial charge in [0.25, 0.3) is 0 Å². The molecular formula is C12H10ClFO2. The molecule has 3 aliphatic rings. The molecule has 1 N–H and O–H groups in total. The smallest absolute Gasteiger partial charge is 0.309 e. The van der Waals surface area contributed by atoms with Crippen LogP contribution in [0.15, 0.2) is 18.2 Å². The number of hydrogen-bond donors (Lipinski definition) is 1. The molecule has 0 spiro atoms. The van der Waals surface area contributed by atoms with E-state index in [1.807, 2.05) is 0 Å². The standard InChI is InChI=1S/C12H10ClFO2/c13-9-2-1-7(14)3-8(9)11-4-12(5-11,6-11)10(15)16/h1-3H,4-6H2,(H,15,16). The lowest BCUT2D eigenvalue weighted by atomic mass is 9.33. The largest absolute Gasteiger partial charge is 0.481 e. The van der Waals surface area contributed by atoms with Gasteiger partial charge < -0.3 is 5.11 Å². The SMILES string of the molecule is O=C(O)C12CC(c3cc(F)ccc3Cl)(C1)C2.